The summed E-state index contributed by atoms with van der Waals surface area (Å²) in [6.45, 7) is 0. The number of hydrogen-bond acceptors (Lipinski definition) is 7. The topological polar surface area (TPSA) is 125 Å². The summed E-state index contributed by atoms with van der Waals surface area (Å²) in [4.78, 5) is 47.8. The van der Waals surface area contributed by atoms with Crippen molar-refractivity contribution in [2.45, 2.75) is 18.4 Å². The predicted octanol–water partition coefficient (Wildman–Crippen LogP) is 3.74. The summed E-state index contributed by atoms with van der Waals surface area (Å²) in [7, 11) is 2.35. The highest BCUT2D eigenvalue weighted by molar-refractivity contribution is 9.11. The highest BCUT2D eigenvalue weighted by Gasteiger charge is 2.34. The van der Waals surface area contributed by atoms with Gasteiger partial charge in [0.1, 0.15) is 6.04 Å². The second kappa shape index (κ2) is 11.0. The molecule has 2 aromatic rings. The number of ether oxygens (including phenoxy) is 2. The number of methoxy groups -OCH3 is 2. The maximum atomic E-state index is 12.8. The average molecular weight is 558 g/mol. The van der Waals surface area contributed by atoms with Crippen molar-refractivity contribution < 1.29 is 28.8 Å². The van der Waals surface area contributed by atoms with Crippen LogP contribution in [-0.2, 0) is 19.1 Å². The molecule has 1 amide bonds. The molecule has 31 heavy (non-hydrogen) atoms. The van der Waals surface area contributed by atoms with E-state index in [1.807, 2.05) is 0 Å². The maximum Gasteiger partial charge on any atom is 0.329 e. The van der Waals surface area contributed by atoms with Crippen molar-refractivity contribution in [2.75, 3.05) is 14.2 Å². The van der Waals surface area contributed by atoms with Gasteiger partial charge in [-0.1, -0.05) is 44.0 Å². The molecule has 2 aromatic carbocycles. The number of esters is 2. The Bertz CT molecular complexity index is 975. The van der Waals surface area contributed by atoms with E-state index in [0.29, 0.717) is 14.5 Å². The third-order valence-corrected chi connectivity index (χ3v) is 5.33. The second-order valence-corrected chi connectivity index (χ2v) is 8.20. The van der Waals surface area contributed by atoms with Crippen LogP contribution in [0, 0.1) is 10.1 Å². The van der Waals surface area contributed by atoms with Gasteiger partial charge < -0.3 is 14.8 Å². The van der Waals surface area contributed by atoms with E-state index in [1.165, 1.54) is 31.4 Å². The minimum absolute atomic E-state index is 0.154. The van der Waals surface area contributed by atoms with Crippen LogP contribution in [0.5, 0.6) is 0 Å². The van der Waals surface area contributed by atoms with Gasteiger partial charge in [-0.25, -0.2) is 4.79 Å². The lowest BCUT2D eigenvalue weighted by Gasteiger charge is -2.26. The number of rotatable bonds is 8. The number of carbonyl (C=O) groups excluding carboxylic acids is 3. The summed E-state index contributed by atoms with van der Waals surface area (Å²) in [5.41, 5.74) is 0.524. The Kier molecular flexibility index (Phi) is 8.69. The highest BCUT2D eigenvalue weighted by atomic mass is 79.9. The summed E-state index contributed by atoms with van der Waals surface area (Å²) < 4.78 is 10.9. The van der Waals surface area contributed by atoms with Crippen molar-refractivity contribution in [1.29, 1.82) is 0 Å². The lowest BCUT2D eigenvalue weighted by Crippen LogP contribution is -2.46. The third-order valence-electron chi connectivity index (χ3n) is 4.42. The molecule has 0 aliphatic rings. The van der Waals surface area contributed by atoms with Gasteiger partial charge >= 0.3 is 11.9 Å². The van der Waals surface area contributed by atoms with Crippen molar-refractivity contribution >= 4 is 55.4 Å². The minimum Gasteiger partial charge on any atom is -0.469 e. The fraction of sp³-hybridized carbons (Fsp3) is 0.250. The zero-order valence-electron chi connectivity index (χ0n) is 16.5. The van der Waals surface area contributed by atoms with Crippen LogP contribution in [0.1, 0.15) is 28.3 Å². The van der Waals surface area contributed by atoms with E-state index < -0.39 is 34.7 Å². The van der Waals surface area contributed by atoms with E-state index in [1.54, 1.807) is 18.2 Å². The molecule has 0 heterocycles. The minimum atomic E-state index is -1.25. The number of nitro benzene ring substituents is 1. The Morgan fingerprint density at radius 1 is 1.03 bits per heavy atom. The number of non-ortho nitro benzene ring substituents is 1. The van der Waals surface area contributed by atoms with Gasteiger partial charge in [0.15, 0.2) is 0 Å². The molecule has 2 atom stereocenters. The number of hydrogen-bond donors (Lipinski definition) is 1. The average Bonchev–Trinajstić information content (AvgIpc) is 2.74. The lowest BCUT2D eigenvalue weighted by atomic mass is 9.88. The van der Waals surface area contributed by atoms with Crippen molar-refractivity contribution in [1.82, 2.24) is 5.32 Å². The molecule has 9 nitrogen and oxygen atoms in total. The van der Waals surface area contributed by atoms with Crippen LogP contribution in [0.4, 0.5) is 5.69 Å². The van der Waals surface area contributed by atoms with E-state index in [2.05, 4.69) is 37.2 Å². The SMILES string of the molecule is COC(=O)C[C@H](c1ccc([N+](=O)[O-])cc1)[C@@H](NC(=O)c1cc(Br)cc(Br)c1)C(=O)OC. The number of nitrogens with zero attached hydrogens (tertiary/aromatic N) is 1. The zero-order chi connectivity index (χ0) is 23.1. The van der Waals surface area contributed by atoms with Crippen LogP contribution in [0.25, 0.3) is 0 Å². The predicted molar refractivity (Wildman–Crippen MR) is 118 cm³/mol. The van der Waals surface area contributed by atoms with E-state index in [0.717, 1.165) is 7.11 Å². The normalized spacial score (nSPS) is 12.4. The monoisotopic (exact) mass is 556 g/mol. The molecule has 1 N–H and O–H groups in total. The molecule has 0 aliphatic carbocycles. The van der Waals surface area contributed by atoms with Crippen LogP contribution in [0.3, 0.4) is 0 Å². The maximum absolute atomic E-state index is 12.8. The number of nitrogens with one attached hydrogen (secondary N) is 1. The molecule has 0 unspecified atom stereocenters. The Morgan fingerprint density at radius 3 is 2.10 bits per heavy atom. The van der Waals surface area contributed by atoms with Gasteiger partial charge in [0.2, 0.25) is 0 Å². The van der Waals surface area contributed by atoms with Gasteiger partial charge in [-0.15, -0.1) is 0 Å². The van der Waals surface area contributed by atoms with Crippen LogP contribution >= 0.6 is 31.9 Å². The molecule has 0 saturated carbocycles. The fourth-order valence-electron chi connectivity index (χ4n) is 2.89. The molecule has 0 radical (unpaired) electrons. The van der Waals surface area contributed by atoms with Gasteiger partial charge in [0.05, 0.1) is 25.6 Å². The Labute approximate surface area is 194 Å². The lowest BCUT2D eigenvalue weighted by molar-refractivity contribution is -0.384. The largest absolute Gasteiger partial charge is 0.469 e. The van der Waals surface area contributed by atoms with Crippen LogP contribution in [0.15, 0.2) is 51.4 Å². The third kappa shape index (κ3) is 6.59. The number of benzene rings is 2. The molecular formula is C20H18Br2N2O7. The molecule has 0 aliphatic heterocycles. The van der Waals surface area contributed by atoms with Crippen molar-refractivity contribution in [2.24, 2.45) is 0 Å². The standard InChI is InChI=1S/C20H18Br2N2O7/c1-30-17(25)10-16(11-3-5-15(6-4-11)24(28)29)18(20(27)31-2)23-19(26)12-7-13(21)9-14(22)8-12/h3-9,16,18H,10H2,1-2H3,(H,23,26)/t16-,18-/m1/s1. The molecular weight excluding hydrogens is 540 g/mol. The van der Waals surface area contributed by atoms with E-state index in [4.69, 9.17) is 9.47 Å². The van der Waals surface area contributed by atoms with E-state index >= 15 is 0 Å². The van der Waals surface area contributed by atoms with Gasteiger partial charge in [-0.05, 0) is 23.8 Å². The van der Waals surface area contributed by atoms with Crippen molar-refractivity contribution in [3.05, 3.63) is 72.7 Å². The summed E-state index contributed by atoms with van der Waals surface area (Å²) in [6, 6.07) is 8.96. The quantitative estimate of drug-likeness (QED) is 0.298. The second-order valence-electron chi connectivity index (χ2n) is 6.37. The van der Waals surface area contributed by atoms with E-state index in [-0.39, 0.29) is 17.7 Å². The van der Waals surface area contributed by atoms with Gasteiger partial charge in [-0.3, -0.25) is 19.7 Å². The molecule has 0 spiro atoms. The Morgan fingerprint density at radius 2 is 1.61 bits per heavy atom. The first-order chi connectivity index (χ1) is 14.7. The number of amides is 1. The fourth-order valence-corrected chi connectivity index (χ4v) is 4.19. The molecule has 0 aromatic heterocycles. The molecule has 2 rings (SSSR count). The number of carbonyl (C=O) groups is 3. The molecule has 0 bridgehead atoms. The summed E-state index contributed by atoms with van der Waals surface area (Å²) in [6.07, 6.45) is -0.267. The zero-order valence-corrected chi connectivity index (χ0v) is 19.6. The summed E-state index contributed by atoms with van der Waals surface area (Å²) in [5, 5.41) is 13.6. The number of halogens is 2. The molecule has 0 fully saturated rings. The van der Waals surface area contributed by atoms with Crippen molar-refractivity contribution in [3.63, 3.8) is 0 Å². The molecule has 0 saturated heterocycles. The Hall–Kier alpha value is -2.79. The van der Waals surface area contributed by atoms with Crippen molar-refractivity contribution in [3.8, 4) is 0 Å². The van der Waals surface area contributed by atoms with Crippen LogP contribution in [-0.4, -0.2) is 43.0 Å². The van der Waals surface area contributed by atoms with Crippen LogP contribution in [0.2, 0.25) is 0 Å². The molecule has 11 heteroatoms. The summed E-state index contributed by atoms with van der Waals surface area (Å²) in [5.74, 6) is -2.87. The first kappa shape index (κ1) is 24.5. The van der Waals surface area contributed by atoms with Crippen LogP contribution < -0.4 is 5.32 Å². The van der Waals surface area contributed by atoms with Gasteiger partial charge in [-0.2, -0.15) is 0 Å². The first-order valence-corrected chi connectivity index (χ1v) is 10.4. The summed E-state index contributed by atoms with van der Waals surface area (Å²) >= 11 is 6.60. The van der Waals surface area contributed by atoms with Gasteiger partial charge in [0, 0.05) is 32.6 Å². The van der Waals surface area contributed by atoms with E-state index in [9.17, 15) is 24.5 Å². The van der Waals surface area contributed by atoms with Gasteiger partial charge in [0.25, 0.3) is 11.6 Å². The smallest absolute Gasteiger partial charge is 0.329 e. The number of nitro groups is 1. The highest BCUT2D eigenvalue weighted by Crippen LogP contribution is 2.28. The molecule has 164 valence electrons. The first-order valence-electron chi connectivity index (χ1n) is 8.82. The Balaban J connectivity index is 2.44.